The number of guanidine groups is 1. The highest BCUT2D eigenvalue weighted by molar-refractivity contribution is 5.85. The molecule has 17 heavy (non-hydrogen) atoms. The van der Waals surface area contributed by atoms with Gasteiger partial charge in [0, 0.05) is 0 Å². The van der Waals surface area contributed by atoms with E-state index in [0.29, 0.717) is 0 Å². The van der Waals surface area contributed by atoms with Crippen molar-refractivity contribution in [1.82, 2.24) is 0 Å². The van der Waals surface area contributed by atoms with Crippen LogP contribution in [0, 0.1) is 29.1 Å². The summed E-state index contributed by atoms with van der Waals surface area (Å²) in [5, 5.41) is 0. The number of nitrogens with two attached hydrogens (primary N) is 2. The molecule has 0 saturated heterocycles. The summed E-state index contributed by atoms with van der Waals surface area (Å²) < 4.78 is 63.9. The predicted molar refractivity (Wildman–Crippen MR) is 53.0 cm³/mol. The fourth-order valence-corrected chi connectivity index (χ4v) is 0.960. The highest BCUT2D eigenvalue weighted by Gasteiger charge is 2.25. The van der Waals surface area contributed by atoms with Gasteiger partial charge in [-0.05, 0) is 0 Å². The zero-order valence-electron chi connectivity index (χ0n) is 8.11. The molecule has 0 aliphatic rings. The minimum absolute atomic E-state index is 0. The summed E-state index contributed by atoms with van der Waals surface area (Å²) >= 11 is 0. The number of rotatable bonds is 2. The molecule has 0 aromatic heterocycles. The molecule has 0 spiro atoms. The first-order valence-electron chi connectivity index (χ1n) is 3.92. The van der Waals surface area contributed by atoms with Gasteiger partial charge >= 0.3 is 0 Å². The van der Waals surface area contributed by atoms with Crippen LogP contribution < -0.4 is 11.5 Å². The Balaban J connectivity index is 0.00000256. The summed E-state index contributed by atoms with van der Waals surface area (Å²) in [4.78, 5) is 3.16. The Kier molecular flexibility index (Phi) is 5.14. The van der Waals surface area contributed by atoms with E-state index in [2.05, 4.69) is 4.99 Å². The molecule has 9 heteroatoms. The second kappa shape index (κ2) is 5.67. The Labute approximate surface area is 98.7 Å². The number of aliphatic imine (C=N–C) groups is 1. The van der Waals surface area contributed by atoms with Gasteiger partial charge < -0.3 is 11.5 Å². The predicted octanol–water partition coefficient (Wildman–Crippen LogP) is 1.58. The zero-order chi connectivity index (χ0) is 12.5. The minimum Gasteiger partial charge on any atom is -0.370 e. The average Bonchev–Trinajstić information content (AvgIpc) is 2.23. The lowest BCUT2D eigenvalue weighted by atomic mass is 10.1. The van der Waals surface area contributed by atoms with Crippen LogP contribution in [-0.2, 0) is 6.54 Å². The Hall–Kier alpha value is -1.57. The van der Waals surface area contributed by atoms with Crippen molar-refractivity contribution in [2.24, 2.45) is 16.5 Å². The van der Waals surface area contributed by atoms with Crippen molar-refractivity contribution in [1.29, 1.82) is 0 Å². The van der Waals surface area contributed by atoms with Gasteiger partial charge in [-0.1, -0.05) is 0 Å². The van der Waals surface area contributed by atoms with Crippen molar-refractivity contribution in [2.45, 2.75) is 6.54 Å². The second-order valence-electron chi connectivity index (χ2n) is 2.79. The fraction of sp³-hybridized carbons (Fsp3) is 0.125. The van der Waals surface area contributed by atoms with Crippen molar-refractivity contribution in [2.75, 3.05) is 0 Å². The van der Waals surface area contributed by atoms with E-state index < -0.39 is 47.2 Å². The molecule has 0 amide bonds. The molecule has 0 heterocycles. The molecule has 0 saturated carbocycles. The number of hydrogen-bond acceptors (Lipinski definition) is 1. The number of benzene rings is 1. The highest BCUT2D eigenvalue weighted by atomic mass is 35.5. The molecule has 0 aliphatic heterocycles. The van der Waals surface area contributed by atoms with Crippen LogP contribution in [-0.4, -0.2) is 5.96 Å². The lowest BCUT2D eigenvalue weighted by molar-refractivity contribution is 0.370. The van der Waals surface area contributed by atoms with E-state index in [1.54, 1.807) is 0 Å². The Bertz CT molecular complexity index is 430. The van der Waals surface area contributed by atoms with Gasteiger partial charge in [-0.25, -0.2) is 26.9 Å². The van der Waals surface area contributed by atoms with Gasteiger partial charge in [0.05, 0.1) is 12.1 Å². The molecule has 1 rings (SSSR count). The molecule has 1 aromatic carbocycles. The van der Waals surface area contributed by atoms with Crippen molar-refractivity contribution >= 4 is 18.4 Å². The average molecular weight is 276 g/mol. The monoisotopic (exact) mass is 275 g/mol. The summed E-state index contributed by atoms with van der Waals surface area (Å²) in [5.74, 6) is -10.7. The molecule has 0 bridgehead atoms. The van der Waals surface area contributed by atoms with E-state index in [1.807, 2.05) is 0 Å². The first kappa shape index (κ1) is 15.4. The molecule has 1 aromatic rings. The third-order valence-electron chi connectivity index (χ3n) is 1.72. The third kappa shape index (κ3) is 2.96. The second-order valence-corrected chi connectivity index (χ2v) is 2.79. The van der Waals surface area contributed by atoms with Crippen LogP contribution in [0.25, 0.3) is 0 Å². The van der Waals surface area contributed by atoms with Crippen LogP contribution >= 0.6 is 12.4 Å². The fourth-order valence-electron chi connectivity index (χ4n) is 0.960. The molecule has 0 atom stereocenters. The number of hydrogen-bond donors (Lipinski definition) is 2. The van der Waals surface area contributed by atoms with E-state index >= 15 is 0 Å². The van der Waals surface area contributed by atoms with Crippen molar-refractivity contribution < 1.29 is 22.0 Å². The lowest BCUT2D eigenvalue weighted by Gasteiger charge is -2.05. The first-order valence-corrected chi connectivity index (χ1v) is 3.92. The maximum atomic E-state index is 13.0. The van der Waals surface area contributed by atoms with Gasteiger partial charge in [-0.15, -0.1) is 12.4 Å². The highest BCUT2D eigenvalue weighted by Crippen LogP contribution is 2.23. The molecule has 0 radical (unpaired) electrons. The molecular formula is C8H7ClF5N3. The molecule has 3 nitrogen and oxygen atoms in total. The summed E-state index contributed by atoms with van der Waals surface area (Å²) in [6, 6.07) is 0. The standard InChI is InChI=1S/C8H6F5N3.ClH/c9-3-2(1-16-8(14)15)4(10)6(12)7(13)5(3)11;/h1H2,(H4,14,15,16);1H. The van der Waals surface area contributed by atoms with Gasteiger partial charge in [0.2, 0.25) is 5.82 Å². The van der Waals surface area contributed by atoms with Crippen LogP contribution in [0.2, 0.25) is 0 Å². The largest absolute Gasteiger partial charge is 0.370 e. The molecule has 0 unspecified atom stereocenters. The van der Waals surface area contributed by atoms with E-state index in [-0.39, 0.29) is 12.4 Å². The van der Waals surface area contributed by atoms with Crippen LogP contribution in [0.1, 0.15) is 5.56 Å². The van der Waals surface area contributed by atoms with Crippen LogP contribution in [0.4, 0.5) is 22.0 Å². The summed E-state index contributed by atoms with van der Waals surface area (Å²) in [7, 11) is 0. The molecule has 4 N–H and O–H groups in total. The number of halogens is 6. The Morgan fingerprint density at radius 2 is 1.18 bits per heavy atom. The normalized spacial score (nSPS) is 9.71. The first-order chi connectivity index (χ1) is 7.36. The van der Waals surface area contributed by atoms with Crippen LogP contribution in [0.5, 0.6) is 0 Å². The topological polar surface area (TPSA) is 64.4 Å². The lowest BCUT2D eigenvalue weighted by Crippen LogP contribution is -2.23. The SMILES string of the molecule is Cl.NC(N)=NCc1c(F)c(F)c(F)c(F)c1F. The summed E-state index contributed by atoms with van der Waals surface area (Å²) in [6.45, 7) is -0.825. The molecule has 0 fully saturated rings. The van der Waals surface area contributed by atoms with Gasteiger partial charge in [0.15, 0.2) is 29.2 Å². The quantitative estimate of drug-likeness (QED) is 0.283. The van der Waals surface area contributed by atoms with Gasteiger partial charge in [-0.3, -0.25) is 0 Å². The van der Waals surface area contributed by atoms with E-state index in [4.69, 9.17) is 11.5 Å². The molecule has 0 aliphatic carbocycles. The van der Waals surface area contributed by atoms with Crippen molar-refractivity contribution in [3.05, 3.63) is 34.6 Å². The molecular weight excluding hydrogens is 269 g/mol. The van der Waals surface area contributed by atoms with Crippen molar-refractivity contribution in [3.63, 3.8) is 0 Å². The van der Waals surface area contributed by atoms with Gasteiger partial charge in [0.1, 0.15) is 0 Å². The minimum atomic E-state index is -2.22. The van der Waals surface area contributed by atoms with Crippen molar-refractivity contribution in [3.8, 4) is 0 Å². The maximum absolute atomic E-state index is 13.0. The number of nitrogens with zero attached hydrogens (tertiary/aromatic N) is 1. The maximum Gasteiger partial charge on any atom is 0.200 e. The smallest absolute Gasteiger partial charge is 0.200 e. The van der Waals surface area contributed by atoms with E-state index in [1.165, 1.54) is 0 Å². The van der Waals surface area contributed by atoms with Gasteiger partial charge in [-0.2, -0.15) is 0 Å². The Morgan fingerprint density at radius 1 is 0.824 bits per heavy atom. The van der Waals surface area contributed by atoms with E-state index in [0.717, 1.165) is 0 Å². The zero-order valence-corrected chi connectivity index (χ0v) is 8.92. The Morgan fingerprint density at radius 3 is 1.53 bits per heavy atom. The van der Waals surface area contributed by atoms with Crippen LogP contribution in [0.3, 0.4) is 0 Å². The van der Waals surface area contributed by atoms with E-state index in [9.17, 15) is 22.0 Å². The molecule has 96 valence electrons. The third-order valence-corrected chi connectivity index (χ3v) is 1.72. The summed E-state index contributed by atoms with van der Waals surface area (Å²) in [5.41, 5.74) is 8.66. The van der Waals surface area contributed by atoms with Gasteiger partial charge in [0.25, 0.3) is 0 Å². The van der Waals surface area contributed by atoms with Crippen LogP contribution in [0.15, 0.2) is 4.99 Å². The summed E-state index contributed by atoms with van der Waals surface area (Å²) in [6.07, 6.45) is 0.